The molecule has 0 atom stereocenters. The van der Waals surface area contributed by atoms with Gasteiger partial charge in [-0.3, -0.25) is 5.01 Å². The van der Waals surface area contributed by atoms with E-state index in [4.69, 9.17) is 5.11 Å². The average Bonchev–Trinajstić information content (AvgIpc) is 2.38. The number of aromatic carboxylic acids is 1. The van der Waals surface area contributed by atoms with Crippen molar-refractivity contribution in [2.75, 3.05) is 13.1 Å². The third-order valence-corrected chi connectivity index (χ3v) is 2.75. The summed E-state index contributed by atoms with van der Waals surface area (Å²) >= 11 is 0. The van der Waals surface area contributed by atoms with Crippen molar-refractivity contribution >= 4 is 11.7 Å². The highest BCUT2D eigenvalue weighted by atomic mass is 16.4. The van der Waals surface area contributed by atoms with E-state index in [1.54, 1.807) is 18.2 Å². The first kappa shape index (κ1) is 11.6. The number of carboxylic acid groups (broad SMARTS) is 1. The SMILES string of the molecule is O=C(O)c1ccccc1N=NN1CCCCC1. The van der Waals surface area contributed by atoms with Crippen LogP contribution in [-0.4, -0.2) is 29.2 Å². The fourth-order valence-electron chi connectivity index (χ4n) is 1.82. The molecular weight excluding hydrogens is 218 g/mol. The molecule has 1 N–H and O–H groups in total. The van der Waals surface area contributed by atoms with E-state index in [2.05, 4.69) is 10.3 Å². The molecule has 17 heavy (non-hydrogen) atoms. The number of carbonyl (C=O) groups is 1. The summed E-state index contributed by atoms with van der Waals surface area (Å²) in [4.78, 5) is 11.0. The van der Waals surface area contributed by atoms with E-state index in [0.717, 1.165) is 25.9 Å². The average molecular weight is 233 g/mol. The Hall–Kier alpha value is -1.91. The second kappa shape index (κ2) is 5.43. The Labute approximate surface area is 99.7 Å². The van der Waals surface area contributed by atoms with Gasteiger partial charge in [-0.1, -0.05) is 17.4 Å². The molecule has 0 spiro atoms. The molecule has 0 aromatic heterocycles. The summed E-state index contributed by atoms with van der Waals surface area (Å²) in [5.41, 5.74) is 0.596. The first-order valence-corrected chi connectivity index (χ1v) is 5.76. The predicted octanol–water partition coefficient (Wildman–Crippen LogP) is 2.87. The minimum Gasteiger partial charge on any atom is -0.478 e. The highest BCUT2D eigenvalue weighted by Gasteiger charge is 2.10. The Morgan fingerprint density at radius 3 is 2.59 bits per heavy atom. The summed E-state index contributed by atoms with van der Waals surface area (Å²) in [7, 11) is 0. The molecule has 1 aromatic rings. The van der Waals surface area contributed by atoms with Crippen LogP contribution in [0, 0.1) is 0 Å². The number of benzene rings is 1. The van der Waals surface area contributed by atoms with Gasteiger partial charge in [0.05, 0.1) is 5.56 Å². The normalized spacial score (nSPS) is 16.4. The summed E-state index contributed by atoms with van der Waals surface area (Å²) in [5, 5.41) is 19.0. The predicted molar refractivity (Wildman–Crippen MR) is 63.3 cm³/mol. The minimum atomic E-state index is -0.974. The summed E-state index contributed by atoms with van der Waals surface area (Å²) in [6.07, 6.45) is 3.48. The highest BCUT2D eigenvalue weighted by molar-refractivity contribution is 5.93. The minimum absolute atomic E-state index is 0.188. The van der Waals surface area contributed by atoms with E-state index < -0.39 is 5.97 Å². The van der Waals surface area contributed by atoms with Crippen LogP contribution >= 0.6 is 0 Å². The largest absolute Gasteiger partial charge is 0.478 e. The lowest BCUT2D eigenvalue weighted by Crippen LogP contribution is -2.23. The molecule has 0 unspecified atom stereocenters. The van der Waals surface area contributed by atoms with E-state index in [1.807, 2.05) is 5.01 Å². The molecule has 2 rings (SSSR count). The Morgan fingerprint density at radius 1 is 1.18 bits per heavy atom. The van der Waals surface area contributed by atoms with E-state index in [0.29, 0.717) is 5.69 Å². The number of carboxylic acids is 1. The van der Waals surface area contributed by atoms with Crippen LogP contribution in [0.15, 0.2) is 34.6 Å². The maximum atomic E-state index is 11.0. The van der Waals surface area contributed by atoms with E-state index in [9.17, 15) is 4.79 Å². The maximum absolute atomic E-state index is 11.0. The standard InChI is InChI=1S/C12H15N3O2/c16-12(17)10-6-2-3-7-11(10)13-14-15-8-4-1-5-9-15/h2-3,6-7H,1,4-5,8-9H2,(H,16,17). The molecule has 90 valence electrons. The molecular formula is C12H15N3O2. The van der Waals surface area contributed by atoms with Gasteiger partial charge in [0, 0.05) is 13.1 Å². The van der Waals surface area contributed by atoms with Gasteiger partial charge in [0.2, 0.25) is 0 Å². The molecule has 0 amide bonds. The van der Waals surface area contributed by atoms with E-state index in [-0.39, 0.29) is 5.56 Å². The molecule has 5 nitrogen and oxygen atoms in total. The summed E-state index contributed by atoms with van der Waals surface area (Å²) < 4.78 is 0. The van der Waals surface area contributed by atoms with Gasteiger partial charge in [-0.15, -0.1) is 5.11 Å². The lowest BCUT2D eigenvalue weighted by atomic mass is 10.2. The van der Waals surface area contributed by atoms with Crippen LogP contribution in [0.5, 0.6) is 0 Å². The van der Waals surface area contributed by atoms with Gasteiger partial charge in [0.1, 0.15) is 5.69 Å². The summed E-state index contributed by atoms with van der Waals surface area (Å²) in [6, 6.07) is 6.64. The lowest BCUT2D eigenvalue weighted by Gasteiger charge is -2.21. The van der Waals surface area contributed by atoms with Crippen LogP contribution in [0.25, 0.3) is 0 Å². The van der Waals surface area contributed by atoms with Crippen LogP contribution in [-0.2, 0) is 0 Å². The topological polar surface area (TPSA) is 65.3 Å². The molecule has 5 heteroatoms. The number of nitrogens with zero attached hydrogens (tertiary/aromatic N) is 3. The zero-order valence-corrected chi connectivity index (χ0v) is 9.54. The van der Waals surface area contributed by atoms with Crippen LogP contribution < -0.4 is 0 Å². The second-order valence-electron chi connectivity index (χ2n) is 4.03. The summed E-state index contributed by atoms with van der Waals surface area (Å²) in [5.74, 6) is -0.974. The second-order valence-corrected chi connectivity index (χ2v) is 4.03. The first-order chi connectivity index (χ1) is 8.27. The van der Waals surface area contributed by atoms with Gasteiger partial charge in [0.25, 0.3) is 0 Å². The van der Waals surface area contributed by atoms with E-state index in [1.165, 1.54) is 12.5 Å². The van der Waals surface area contributed by atoms with E-state index >= 15 is 0 Å². The quantitative estimate of drug-likeness (QED) is 0.816. The third-order valence-electron chi connectivity index (χ3n) is 2.75. The van der Waals surface area contributed by atoms with Crippen molar-refractivity contribution in [1.29, 1.82) is 0 Å². The van der Waals surface area contributed by atoms with Crippen molar-refractivity contribution in [3.05, 3.63) is 29.8 Å². The molecule has 1 aromatic carbocycles. The Morgan fingerprint density at radius 2 is 1.88 bits per heavy atom. The molecule has 1 heterocycles. The van der Waals surface area contributed by atoms with Crippen molar-refractivity contribution in [3.63, 3.8) is 0 Å². The number of hydrogen-bond donors (Lipinski definition) is 1. The van der Waals surface area contributed by atoms with Gasteiger partial charge in [-0.05, 0) is 31.4 Å². The van der Waals surface area contributed by atoms with Gasteiger partial charge >= 0.3 is 5.97 Å². The van der Waals surface area contributed by atoms with Gasteiger partial charge in [0.15, 0.2) is 0 Å². The Bertz CT molecular complexity index is 426. The number of piperidine rings is 1. The Balaban J connectivity index is 2.11. The molecule has 1 fully saturated rings. The van der Waals surface area contributed by atoms with Crippen LogP contribution in [0.3, 0.4) is 0 Å². The van der Waals surface area contributed by atoms with Crippen molar-refractivity contribution in [1.82, 2.24) is 5.01 Å². The molecule has 0 radical (unpaired) electrons. The highest BCUT2D eigenvalue weighted by Crippen LogP contribution is 2.20. The van der Waals surface area contributed by atoms with Crippen LogP contribution in [0.4, 0.5) is 5.69 Å². The molecule has 1 saturated heterocycles. The zero-order valence-electron chi connectivity index (χ0n) is 9.54. The van der Waals surface area contributed by atoms with Gasteiger partial charge < -0.3 is 5.11 Å². The monoisotopic (exact) mass is 233 g/mol. The number of rotatable bonds is 3. The first-order valence-electron chi connectivity index (χ1n) is 5.76. The molecule has 0 aliphatic carbocycles. The molecule has 0 saturated carbocycles. The van der Waals surface area contributed by atoms with Crippen LogP contribution in [0.2, 0.25) is 0 Å². The van der Waals surface area contributed by atoms with Gasteiger partial charge in [-0.2, -0.15) is 0 Å². The van der Waals surface area contributed by atoms with Crippen molar-refractivity contribution in [2.45, 2.75) is 19.3 Å². The molecule has 1 aliphatic rings. The van der Waals surface area contributed by atoms with Crippen LogP contribution in [0.1, 0.15) is 29.6 Å². The lowest BCUT2D eigenvalue weighted by molar-refractivity contribution is 0.0697. The fourth-order valence-corrected chi connectivity index (χ4v) is 1.82. The van der Waals surface area contributed by atoms with Crippen molar-refractivity contribution < 1.29 is 9.90 Å². The van der Waals surface area contributed by atoms with Crippen molar-refractivity contribution in [3.8, 4) is 0 Å². The zero-order chi connectivity index (χ0) is 12.1. The summed E-state index contributed by atoms with van der Waals surface area (Å²) in [6.45, 7) is 1.80. The van der Waals surface area contributed by atoms with Gasteiger partial charge in [-0.25, -0.2) is 4.79 Å². The molecule has 1 aliphatic heterocycles. The van der Waals surface area contributed by atoms with Crippen molar-refractivity contribution in [2.24, 2.45) is 10.3 Å². The third kappa shape index (κ3) is 3.03. The molecule has 0 bridgehead atoms. The number of hydrogen-bond acceptors (Lipinski definition) is 3. The Kier molecular flexibility index (Phi) is 3.69. The maximum Gasteiger partial charge on any atom is 0.337 e. The smallest absolute Gasteiger partial charge is 0.337 e. The fraction of sp³-hybridized carbons (Fsp3) is 0.417.